The fourth-order valence-electron chi connectivity index (χ4n) is 3.98. The van der Waals surface area contributed by atoms with E-state index in [1.807, 2.05) is 17.0 Å². The second-order valence-electron chi connectivity index (χ2n) is 7.42. The molecule has 4 rings (SSSR count). The SMILES string of the molecule is NCc1cccc(C2CCN(C(=O)c3cc4ccc(B(O)O)cc4[nH]3)CC2)c1. The number of carbonyl (C=O) groups is 1. The van der Waals surface area contributed by atoms with Gasteiger partial charge in [-0.3, -0.25) is 4.79 Å². The third kappa shape index (κ3) is 3.69. The minimum absolute atomic E-state index is 0.0172. The molecule has 0 unspecified atom stereocenters. The molecule has 0 saturated carbocycles. The average Bonchev–Trinajstić information content (AvgIpc) is 3.16. The minimum atomic E-state index is -1.52. The van der Waals surface area contributed by atoms with Crippen LogP contribution >= 0.6 is 0 Å². The number of carbonyl (C=O) groups excluding carboxylic acids is 1. The summed E-state index contributed by atoms with van der Waals surface area (Å²) in [5.74, 6) is 0.434. The van der Waals surface area contributed by atoms with Crippen molar-refractivity contribution in [3.63, 3.8) is 0 Å². The number of nitrogens with two attached hydrogens (primary N) is 1. The van der Waals surface area contributed by atoms with Gasteiger partial charge < -0.3 is 25.7 Å². The van der Waals surface area contributed by atoms with Gasteiger partial charge in [0, 0.05) is 30.5 Å². The summed E-state index contributed by atoms with van der Waals surface area (Å²) in [6, 6.07) is 15.3. The molecule has 2 heterocycles. The van der Waals surface area contributed by atoms with Crippen LogP contribution < -0.4 is 11.2 Å². The molecule has 144 valence electrons. The number of likely N-dealkylation sites (tertiary alicyclic amines) is 1. The lowest BCUT2D eigenvalue weighted by atomic mass is 9.80. The van der Waals surface area contributed by atoms with Crippen molar-refractivity contribution in [2.75, 3.05) is 13.1 Å². The zero-order valence-electron chi connectivity index (χ0n) is 15.6. The quantitative estimate of drug-likeness (QED) is 0.515. The summed E-state index contributed by atoms with van der Waals surface area (Å²) in [7, 11) is -1.52. The number of amides is 1. The summed E-state index contributed by atoms with van der Waals surface area (Å²) in [5.41, 5.74) is 9.84. The monoisotopic (exact) mass is 377 g/mol. The molecule has 7 heteroatoms. The van der Waals surface area contributed by atoms with E-state index in [0.29, 0.717) is 36.7 Å². The van der Waals surface area contributed by atoms with Crippen molar-refractivity contribution in [2.24, 2.45) is 5.73 Å². The molecule has 0 bridgehead atoms. The highest BCUT2D eigenvalue weighted by molar-refractivity contribution is 6.58. The Labute approximate surface area is 164 Å². The topological polar surface area (TPSA) is 103 Å². The zero-order valence-corrected chi connectivity index (χ0v) is 15.6. The van der Waals surface area contributed by atoms with Crippen LogP contribution in [0, 0.1) is 0 Å². The summed E-state index contributed by atoms with van der Waals surface area (Å²) in [6.45, 7) is 1.97. The second-order valence-corrected chi connectivity index (χ2v) is 7.42. The molecule has 0 spiro atoms. The van der Waals surface area contributed by atoms with Gasteiger partial charge in [0.2, 0.25) is 0 Å². The van der Waals surface area contributed by atoms with Crippen LogP contribution in [0.4, 0.5) is 0 Å². The van der Waals surface area contributed by atoms with E-state index in [1.165, 1.54) is 5.56 Å². The average molecular weight is 377 g/mol. The Morgan fingerprint density at radius 1 is 1.14 bits per heavy atom. The number of rotatable bonds is 4. The molecule has 1 aliphatic heterocycles. The molecule has 6 nitrogen and oxygen atoms in total. The van der Waals surface area contributed by atoms with Gasteiger partial charge >= 0.3 is 7.12 Å². The summed E-state index contributed by atoms with van der Waals surface area (Å²) in [5, 5.41) is 19.5. The van der Waals surface area contributed by atoms with Gasteiger partial charge in [-0.1, -0.05) is 36.4 Å². The van der Waals surface area contributed by atoms with E-state index in [-0.39, 0.29) is 5.91 Å². The van der Waals surface area contributed by atoms with Gasteiger partial charge in [0.15, 0.2) is 0 Å². The van der Waals surface area contributed by atoms with E-state index in [4.69, 9.17) is 5.73 Å². The maximum Gasteiger partial charge on any atom is 0.488 e. The van der Waals surface area contributed by atoms with Gasteiger partial charge in [0.05, 0.1) is 0 Å². The van der Waals surface area contributed by atoms with Crippen molar-refractivity contribution in [1.82, 2.24) is 9.88 Å². The smallest absolute Gasteiger partial charge is 0.423 e. The summed E-state index contributed by atoms with van der Waals surface area (Å²) >= 11 is 0. The fraction of sp³-hybridized carbons (Fsp3) is 0.286. The highest BCUT2D eigenvalue weighted by Gasteiger charge is 2.25. The van der Waals surface area contributed by atoms with Crippen LogP contribution in [0.2, 0.25) is 0 Å². The molecule has 0 radical (unpaired) electrons. The molecule has 0 atom stereocenters. The van der Waals surface area contributed by atoms with Crippen molar-refractivity contribution < 1.29 is 14.8 Å². The third-order valence-electron chi connectivity index (χ3n) is 5.62. The Morgan fingerprint density at radius 2 is 1.93 bits per heavy atom. The molecule has 28 heavy (non-hydrogen) atoms. The molecule has 0 aliphatic carbocycles. The lowest BCUT2D eigenvalue weighted by Crippen LogP contribution is -2.38. The summed E-state index contributed by atoms with van der Waals surface area (Å²) in [4.78, 5) is 17.9. The molecule has 5 N–H and O–H groups in total. The fourth-order valence-corrected chi connectivity index (χ4v) is 3.98. The van der Waals surface area contributed by atoms with E-state index in [0.717, 1.165) is 29.3 Å². The van der Waals surface area contributed by atoms with Crippen LogP contribution in [0.1, 0.15) is 40.4 Å². The molecule has 3 aromatic rings. The second kappa shape index (κ2) is 7.79. The third-order valence-corrected chi connectivity index (χ3v) is 5.62. The van der Waals surface area contributed by atoms with Crippen molar-refractivity contribution in [1.29, 1.82) is 0 Å². The zero-order chi connectivity index (χ0) is 19.7. The standard InChI is InChI=1S/C21H24BN3O3/c23-13-14-2-1-3-16(10-14)15-6-8-25(9-7-15)21(26)20-11-17-4-5-18(22(27)28)12-19(17)24-20/h1-5,10-12,15,24,27-28H,6-9,13,23H2. The number of hydrogen-bond acceptors (Lipinski definition) is 4. The summed E-state index contributed by atoms with van der Waals surface area (Å²) in [6.07, 6.45) is 1.86. The van der Waals surface area contributed by atoms with Gasteiger partial charge in [-0.25, -0.2) is 0 Å². The lowest BCUT2D eigenvalue weighted by molar-refractivity contribution is 0.0708. The molecule has 1 amide bonds. The highest BCUT2D eigenvalue weighted by Crippen LogP contribution is 2.29. The number of hydrogen-bond donors (Lipinski definition) is 4. The molecule has 1 fully saturated rings. The largest absolute Gasteiger partial charge is 0.488 e. The number of nitrogens with one attached hydrogen (secondary N) is 1. The highest BCUT2D eigenvalue weighted by atomic mass is 16.4. The Morgan fingerprint density at radius 3 is 2.64 bits per heavy atom. The molecule has 1 aromatic heterocycles. The first-order valence-corrected chi connectivity index (χ1v) is 9.62. The number of fused-ring (bicyclic) bond motifs is 1. The number of aromatic nitrogens is 1. The Hall–Kier alpha value is -2.61. The maximum absolute atomic E-state index is 12.9. The first kappa shape index (κ1) is 18.7. The first-order valence-electron chi connectivity index (χ1n) is 9.62. The van der Waals surface area contributed by atoms with E-state index in [2.05, 4.69) is 23.2 Å². The molecule has 1 aliphatic rings. The predicted octanol–water partition coefficient (Wildman–Crippen LogP) is 1.33. The number of benzene rings is 2. The van der Waals surface area contributed by atoms with Crippen LogP contribution in [0.3, 0.4) is 0 Å². The van der Waals surface area contributed by atoms with E-state index in [9.17, 15) is 14.8 Å². The van der Waals surface area contributed by atoms with E-state index >= 15 is 0 Å². The normalized spacial score (nSPS) is 15.2. The van der Waals surface area contributed by atoms with Crippen LogP contribution in [0.25, 0.3) is 10.9 Å². The van der Waals surface area contributed by atoms with Gasteiger partial charge in [0.25, 0.3) is 5.91 Å². The van der Waals surface area contributed by atoms with Crippen molar-refractivity contribution >= 4 is 29.4 Å². The van der Waals surface area contributed by atoms with Gasteiger partial charge in [-0.05, 0) is 47.5 Å². The number of piperidine rings is 1. The first-order chi connectivity index (χ1) is 13.5. The van der Waals surface area contributed by atoms with Crippen molar-refractivity contribution in [3.05, 3.63) is 65.4 Å². The Kier molecular flexibility index (Phi) is 5.22. The van der Waals surface area contributed by atoms with E-state index < -0.39 is 7.12 Å². The van der Waals surface area contributed by atoms with Gasteiger partial charge in [-0.15, -0.1) is 0 Å². The Balaban J connectivity index is 1.45. The van der Waals surface area contributed by atoms with Crippen LogP contribution in [0.5, 0.6) is 0 Å². The van der Waals surface area contributed by atoms with E-state index in [1.54, 1.807) is 18.2 Å². The minimum Gasteiger partial charge on any atom is -0.423 e. The maximum atomic E-state index is 12.9. The van der Waals surface area contributed by atoms with Crippen molar-refractivity contribution in [2.45, 2.75) is 25.3 Å². The molecule has 2 aromatic carbocycles. The summed E-state index contributed by atoms with van der Waals surface area (Å²) < 4.78 is 0. The predicted molar refractivity (Wildman–Crippen MR) is 110 cm³/mol. The molecular weight excluding hydrogens is 353 g/mol. The van der Waals surface area contributed by atoms with Crippen LogP contribution in [0.15, 0.2) is 48.5 Å². The van der Waals surface area contributed by atoms with Crippen LogP contribution in [-0.4, -0.2) is 46.0 Å². The van der Waals surface area contributed by atoms with Gasteiger partial charge in [0.1, 0.15) is 5.69 Å². The van der Waals surface area contributed by atoms with Gasteiger partial charge in [-0.2, -0.15) is 0 Å². The lowest BCUT2D eigenvalue weighted by Gasteiger charge is -2.32. The van der Waals surface area contributed by atoms with Crippen molar-refractivity contribution in [3.8, 4) is 0 Å². The molecule has 1 saturated heterocycles. The molecular formula is C21H24BN3O3. The number of H-pyrrole nitrogens is 1. The number of aromatic amines is 1. The Bertz CT molecular complexity index is 993. The number of nitrogens with zero attached hydrogens (tertiary/aromatic N) is 1. The van der Waals surface area contributed by atoms with Crippen LogP contribution in [-0.2, 0) is 6.54 Å².